The number of amides is 2. The molecule has 0 bridgehead atoms. The topological polar surface area (TPSA) is 86.7 Å². The number of hydrogen-bond acceptors (Lipinski definition) is 3. The first kappa shape index (κ1) is 16.3. The number of likely N-dealkylation sites (tertiary alicyclic amines) is 1. The summed E-state index contributed by atoms with van der Waals surface area (Å²) in [5.41, 5.74) is -0.802. The lowest BCUT2D eigenvalue weighted by Gasteiger charge is -2.40. The van der Waals surface area contributed by atoms with Crippen LogP contribution in [0, 0.1) is 5.41 Å². The van der Waals surface area contributed by atoms with Crippen LogP contribution < -0.4 is 5.32 Å². The number of hydrogen-bond donors (Lipinski definition) is 2. The van der Waals surface area contributed by atoms with Gasteiger partial charge in [-0.05, 0) is 32.1 Å². The average molecular weight is 316 g/mol. The van der Waals surface area contributed by atoms with E-state index in [0.29, 0.717) is 30.9 Å². The highest BCUT2D eigenvalue weighted by molar-refractivity contribution is 7.85. The maximum atomic E-state index is 12.3. The summed E-state index contributed by atoms with van der Waals surface area (Å²) in [5, 5.41) is 12.4. The number of nitrogens with zero attached hydrogens (tertiary/aromatic N) is 1. The number of carboxylic acids is 1. The van der Waals surface area contributed by atoms with Crippen LogP contribution in [0.1, 0.15) is 39.0 Å². The highest BCUT2D eigenvalue weighted by atomic mass is 32.2. The summed E-state index contributed by atoms with van der Waals surface area (Å²) in [5.74, 6) is 0.466. The normalized spacial score (nSPS) is 33.5. The van der Waals surface area contributed by atoms with Crippen LogP contribution in [0.5, 0.6) is 0 Å². The molecule has 120 valence electrons. The molecule has 2 N–H and O–H groups in total. The SMILES string of the molecule is CCC1(C(=O)O)CCCN(C(=O)NC2CCS(=O)CC2)C1. The molecular weight excluding hydrogens is 292 g/mol. The lowest BCUT2D eigenvalue weighted by Crippen LogP contribution is -2.54. The Labute approximate surface area is 127 Å². The van der Waals surface area contributed by atoms with E-state index in [0.717, 1.165) is 19.3 Å². The van der Waals surface area contributed by atoms with Crippen LogP contribution in [0.3, 0.4) is 0 Å². The monoisotopic (exact) mass is 316 g/mol. The highest BCUT2D eigenvalue weighted by Crippen LogP contribution is 2.33. The Balaban J connectivity index is 1.93. The highest BCUT2D eigenvalue weighted by Gasteiger charge is 2.42. The van der Waals surface area contributed by atoms with E-state index in [1.165, 1.54) is 0 Å². The molecule has 0 aromatic heterocycles. The summed E-state index contributed by atoms with van der Waals surface area (Å²) in [6.45, 7) is 2.76. The molecule has 6 nitrogen and oxygen atoms in total. The largest absolute Gasteiger partial charge is 0.481 e. The van der Waals surface area contributed by atoms with Crippen molar-refractivity contribution in [3.63, 3.8) is 0 Å². The Bertz CT molecular complexity index is 433. The Hall–Kier alpha value is -1.11. The zero-order valence-corrected chi connectivity index (χ0v) is 13.3. The molecule has 0 aromatic carbocycles. The van der Waals surface area contributed by atoms with E-state index in [1.54, 1.807) is 4.90 Å². The maximum absolute atomic E-state index is 12.3. The Morgan fingerprint density at radius 1 is 1.38 bits per heavy atom. The van der Waals surface area contributed by atoms with Crippen molar-refractivity contribution >= 4 is 22.8 Å². The molecule has 7 heteroatoms. The molecule has 0 aromatic rings. The van der Waals surface area contributed by atoms with Gasteiger partial charge >= 0.3 is 12.0 Å². The van der Waals surface area contributed by atoms with E-state index in [-0.39, 0.29) is 18.6 Å². The first-order chi connectivity index (χ1) is 9.97. The van der Waals surface area contributed by atoms with Crippen molar-refractivity contribution in [1.82, 2.24) is 10.2 Å². The van der Waals surface area contributed by atoms with E-state index in [4.69, 9.17) is 0 Å². The smallest absolute Gasteiger partial charge is 0.317 e. The minimum absolute atomic E-state index is 0.0676. The molecule has 21 heavy (non-hydrogen) atoms. The van der Waals surface area contributed by atoms with Gasteiger partial charge in [-0.25, -0.2) is 4.79 Å². The summed E-state index contributed by atoms with van der Waals surface area (Å²) < 4.78 is 11.3. The first-order valence-electron chi connectivity index (χ1n) is 7.60. The lowest BCUT2D eigenvalue weighted by molar-refractivity contribution is -0.152. The molecule has 2 aliphatic heterocycles. The number of carbonyl (C=O) groups excluding carboxylic acids is 1. The third-order valence-electron chi connectivity index (χ3n) is 4.71. The molecule has 2 aliphatic rings. The summed E-state index contributed by atoms with van der Waals surface area (Å²) in [6.07, 6.45) is 3.37. The quantitative estimate of drug-likeness (QED) is 0.818. The molecule has 0 aliphatic carbocycles. The van der Waals surface area contributed by atoms with Crippen molar-refractivity contribution in [2.75, 3.05) is 24.6 Å². The summed E-state index contributed by atoms with van der Waals surface area (Å²) in [7, 11) is -0.743. The number of piperidine rings is 1. The van der Waals surface area contributed by atoms with Crippen molar-refractivity contribution in [3.05, 3.63) is 0 Å². The number of carboxylic acid groups (broad SMARTS) is 1. The van der Waals surface area contributed by atoms with Gasteiger partial charge in [-0.15, -0.1) is 0 Å². The third-order valence-corrected chi connectivity index (χ3v) is 6.09. The van der Waals surface area contributed by atoms with Gasteiger partial charge in [-0.2, -0.15) is 0 Å². The van der Waals surface area contributed by atoms with Gasteiger partial charge in [0.1, 0.15) is 0 Å². The van der Waals surface area contributed by atoms with E-state index >= 15 is 0 Å². The van der Waals surface area contributed by atoms with Crippen LogP contribution in [0.15, 0.2) is 0 Å². The number of nitrogens with one attached hydrogen (secondary N) is 1. The second-order valence-corrected chi connectivity index (χ2v) is 7.73. The fraction of sp³-hybridized carbons (Fsp3) is 0.857. The van der Waals surface area contributed by atoms with Gasteiger partial charge in [0.15, 0.2) is 0 Å². The summed E-state index contributed by atoms with van der Waals surface area (Å²) in [6, 6.07) is -0.107. The van der Waals surface area contributed by atoms with Crippen molar-refractivity contribution in [2.45, 2.75) is 45.1 Å². The molecule has 1 unspecified atom stereocenters. The molecule has 2 saturated heterocycles. The van der Waals surface area contributed by atoms with Crippen LogP contribution in [-0.2, 0) is 15.6 Å². The van der Waals surface area contributed by atoms with E-state index < -0.39 is 22.2 Å². The zero-order valence-electron chi connectivity index (χ0n) is 12.5. The Morgan fingerprint density at radius 3 is 2.62 bits per heavy atom. The van der Waals surface area contributed by atoms with Crippen LogP contribution in [0.2, 0.25) is 0 Å². The van der Waals surface area contributed by atoms with Crippen LogP contribution >= 0.6 is 0 Å². The van der Waals surface area contributed by atoms with Gasteiger partial charge in [-0.1, -0.05) is 6.92 Å². The zero-order chi connectivity index (χ0) is 15.5. The molecule has 2 fully saturated rings. The maximum Gasteiger partial charge on any atom is 0.317 e. The third kappa shape index (κ3) is 3.75. The van der Waals surface area contributed by atoms with Gasteiger partial charge in [0, 0.05) is 41.4 Å². The van der Waals surface area contributed by atoms with Crippen LogP contribution in [-0.4, -0.2) is 56.9 Å². The van der Waals surface area contributed by atoms with E-state index in [1.807, 2.05) is 6.92 Å². The molecule has 1 atom stereocenters. The minimum Gasteiger partial charge on any atom is -0.481 e. The second-order valence-electron chi connectivity index (χ2n) is 6.04. The molecule has 2 rings (SSSR count). The van der Waals surface area contributed by atoms with Crippen molar-refractivity contribution < 1.29 is 18.9 Å². The Kier molecular flexibility index (Phi) is 5.24. The van der Waals surface area contributed by atoms with Gasteiger partial charge in [0.2, 0.25) is 0 Å². The van der Waals surface area contributed by atoms with Crippen LogP contribution in [0.25, 0.3) is 0 Å². The lowest BCUT2D eigenvalue weighted by atomic mass is 9.78. The number of carbonyl (C=O) groups is 2. The predicted molar refractivity (Wildman–Crippen MR) is 80.6 cm³/mol. The van der Waals surface area contributed by atoms with Gasteiger partial charge in [0.25, 0.3) is 0 Å². The first-order valence-corrected chi connectivity index (χ1v) is 9.09. The fourth-order valence-corrected chi connectivity index (χ4v) is 4.42. The number of aliphatic carboxylic acids is 1. The molecular formula is C14H24N2O4S. The predicted octanol–water partition coefficient (Wildman–Crippen LogP) is 1.18. The van der Waals surface area contributed by atoms with Crippen molar-refractivity contribution in [3.8, 4) is 0 Å². The van der Waals surface area contributed by atoms with Crippen molar-refractivity contribution in [2.24, 2.45) is 5.41 Å². The minimum atomic E-state index is -0.810. The molecule has 0 saturated carbocycles. The molecule has 2 amide bonds. The second kappa shape index (κ2) is 6.77. The van der Waals surface area contributed by atoms with E-state index in [9.17, 15) is 18.9 Å². The fourth-order valence-electron chi connectivity index (χ4n) is 3.12. The van der Waals surface area contributed by atoms with Gasteiger partial charge < -0.3 is 15.3 Å². The van der Waals surface area contributed by atoms with E-state index in [2.05, 4.69) is 5.32 Å². The van der Waals surface area contributed by atoms with Crippen LogP contribution in [0.4, 0.5) is 4.79 Å². The van der Waals surface area contributed by atoms with Crippen molar-refractivity contribution in [1.29, 1.82) is 0 Å². The average Bonchev–Trinajstić information content (AvgIpc) is 2.49. The summed E-state index contributed by atoms with van der Waals surface area (Å²) in [4.78, 5) is 25.5. The standard InChI is InChI=1S/C14H24N2O4S/c1-2-14(12(17)18)6-3-7-16(10-14)13(19)15-11-4-8-21(20)9-5-11/h11H,2-10H2,1H3,(H,15,19)(H,17,18). The molecule has 0 spiro atoms. The van der Waals surface area contributed by atoms with Gasteiger partial charge in [-0.3, -0.25) is 9.00 Å². The molecule has 0 radical (unpaired) electrons. The Morgan fingerprint density at radius 2 is 2.05 bits per heavy atom. The number of urea groups is 1. The number of rotatable bonds is 3. The molecule has 2 heterocycles. The summed E-state index contributed by atoms with van der Waals surface area (Å²) >= 11 is 0. The van der Waals surface area contributed by atoms with Gasteiger partial charge in [0.05, 0.1) is 5.41 Å².